The Bertz CT molecular complexity index is 471. The van der Waals surface area contributed by atoms with Gasteiger partial charge in [-0.15, -0.1) is 11.3 Å². The summed E-state index contributed by atoms with van der Waals surface area (Å²) in [6.45, 7) is -0.212. The molecule has 0 radical (unpaired) electrons. The zero-order valence-corrected chi connectivity index (χ0v) is 10.6. The van der Waals surface area contributed by atoms with Gasteiger partial charge in [-0.3, -0.25) is 10.1 Å². The predicted molar refractivity (Wildman–Crippen MR) is 64.9 cm³/mol. The quantitative estimate of drug-likeness (QED) is 0.800. The van der Waals surface area contributed by atoms with Gasteiger partial charge in [0.2, 0.25) is 0 Å². The van der Waals surface area contributed by atoms with E-state index in [1.165, 1.54) is 20.2 Å². The van der Waals surface area contributed by atoms with Crippen molar-refractivity contribution in [3.05, 3.63) is 17.0 Å². The lowest BCUT2D eigenvalue weighted by Crippen LogP contribution is -2.36. The van der Waals surface area contributed by atoms with E-state index in [4.69, 9.17) is 5.11 Å². The van der Waals surface area contributed by atoms with E-state index < -0.39 is 18.0 Å². The third-order valence-electron chi connectivity index (χ3n) is 2.06. The molecule has 0 atom stereocenters. The number of carboxylic acids is 1. The maximum Gasteiger partial charge on any atom is 0.338 e. The monoisotopic (exact) mass is 272 g/mol. The fraction of sp³-hybridized carbons (Fsp3) is 0.300. The lowest BCUT2D eigenvalue weighted by molar-refractivity contribution is -0.140. The molecule has 0 aliphatic heterocycles. The average Bonchev–Trinajstić information content (AvgIpc) is 2.76. The van der Waals surface area contributed by atoms with Crippen LogP contribution in [0.1, 0.15) is 10.4 Å². The Morgan fingerprint density at radius 2 is 2.17 bits per heavy atom. The number of anilines is 1. The van der Waals surface area contributed by atoms with Gasteiger partial charge in [-0.1, -0.05) is 0 Å². The zero-order valence-electron chi connectivity index (χ0n) is 9.80. The van der Waals surface area contributed by atoms with Crippen LogP contribution in [0.5, 0.6) is 0 Å². The molecule has 0 unspecified atom stereocenters. The van der Waals surface area contributed by atoms with Crippen molar-refractivity contribution >= 4 is 34.3 Å². The van der Waals surface area contributed by atoms with E-state index in [0.717, 1.165) is 16.2 Å². The van der Waals surface area contributed by atoms with Gasteiger partial charge in [0.15, 0.2) is 0 Å². The molecule has 0 aliphatic rings. The van der Waals surface area contributed by atoms with Crippen molar-refractivity contribution in [2.24, 2.45) is 0 Å². The van der Waals surface area contributed by atoms with Crippen LogP contribution in [0.2, 0.25) is 0 Å². The summed E-state index contributed by atoms with van der Waals surface area (Å²) in [5.74, 6) is -1.68. The van der Waals surface area contributed by atoms with E-state index in [1.54, 1.807) is 5.38 Å². The first-order chi connectivity index (χ1) is 8.45. The Morgan fingerprint density at radius 3 is 2.72 bits per heavy atom. The van der Waals surface area contributed by atoms with Crippen molar-refractivity contribution in [3.8, 4) is 0 Å². The molecule has 18 heavy (non-hydrogen) atoms. The minimum Gasteiger partial charge on any atom is -0.478 e. The third-order valence-corrected chi connectivity index (χ3v) is 2.89. The number of amides is 2. The van der Waals surface area contributed by atoms with E-state index in [-0.39, 0.29) is 17.1 Å². The summed E-state index contributed by atoms with van der Waals surface area (Å²) in [6.07, 6.45) is 0. The molecule has 0 saturated carbocycles. The summed E-state index contributed by atoms with van der Waals surface area (Å²) in [6, 6.07) is 0.813. The van der Waals surface area contributed by atoms with Crippen LogP contribution in [0.15, 0.2) is 11.4 Å². The number of carboxylic acid groups (broad SMARTS) is 1. The maximum absolute atomic E-state index is 11.7. The molecule has 0 bridgehead atoms. The molecule has 0 spiro atoms. The van der Waals surface area contributed by atoms with Crippen LogP contribution in [0.3, 0.4) is 0 Å². The van der Waals surface area contributed by atoms with Crippen LogP contribution in [-0.2, 0) is 9.53 Å². The summed E-state index contributed by atoms with van der Waals surface area (Å²) >= 11 is 1.09. The molecule has 8 heteroatoms. The lowest BCUT2D eigenvalue weighted by Gasteiger charge is -2.15. The minimum absolute atomic E-state index is 0.0137. The highest BCUT2D eigenvalue weighted by Gasteiger charge is 2.17. The van der Waals surface area contributed by atoms with Crippen molar-refractivity contribution in [2.75, 3.05) is 26.0 Å². The Balaban J connectivity index is 2.67. The van der Waals surface area contributed by atoms with E-state index in [2.05, 4.69) is 10.1 Å². The van der Waals surface area contributed by atoms with E-state index >= 15 is 0 Å². The highest BCUT2D eigenvalue weighted by Crippen LogP contribution is 2.23. The first kappa shape index (κ1) is 14.0. The minimum atomic E-state index is -1.12. The van der Waals surface area contributed by atoms with Crippen LogP contribution in [0.4, 0.5) is 9.80 Å². The lowest BCUT2D eigenvalue weighted by atomic mass is 10.3. The van der Waals surface area contributed by atoms with Crippen LogP contribution in [0, 0.1) is 0 Å². The van der Waals surface area contributed by atoms with Crippen molar-refractivity contribution < 1.29 is 24.2 Å². The summed E-state index contributed by atoms with van der Waals surface area (Å²) in [4.78, 5) is 34.5. The van der Waals surface area contributed by atoms with Crippen molar-refractivity contribution in [1.29, 1.82) is 0 Å². The molecule has 1 aromatic heterocycles. The van der Waals surface area contributed by atoms with E-state index in [9.17, 15) is 14.4 Å². The number of esters is 1. The molecule has 1 heterocycles. The van der Waals surface area contributed by atoms with Crippen molar-refractivity contribution in [3.63, 3.8) is 0 Å². The van der Waals surface area contributed by atoms with E-state index in [0.29, 0.717) is 0 Å². The van der Waals surface area contributed by atoms with Crippen LogP contribution < -0.4 is 5.32 Å². The second-order valence-corrected chi connectivity index (χ2v) is 4.25. The Hall–Kier alpha value is -2.09. The van der Waals surface area contributed by atoms with Gasteiger partial charge in [-0.05, 0) is 11.4 Å². The predicted octanol–water partition coefficient (Wildman–Crippen LogP) is 1.08. The third kappa shape index (κ3) is 3.45. The van der Waals surface area contributed by atoms with Gasteiger partial charge >= 0.3 is 18.0 Å². The molecule has 98 valence electrons. The molecule has 1 rings (SSSR count). The number of thiophene rings is 1. The number of ether oxygens (including phenoxy) is 1. The number of nitrogens with zero attached hydrogens (tertiary/aromatic N) is 1. The maximum atomic E-state index is 11.7. The summed E-state index contributed by atoms with van der Waals surface area (Å²) < 4.78 is 4.42. The van der Waals surface area contributed by atoms with Gasteiger partial charge in [0, 0.05) is 7.05 Å². The number of nitrogens with one attached hydrogen (secondary N) is 1. The SMILES string of the molecule is COC(=O)CN(C)C(=O)Nc1sccc1C(=O)O. The smallest absolute Gasteiger partial charge is 0.338 e. The fourth-order valence-electron chi connectivity index (χ4n) is 1.10. The van der Waals surface area contributed by atoms with Crippen molar-refractivity contribution in [1.82, 2.24) is 4.90 Å². The van der Waals surface area contributed by atoms with Crippen LogP contribution in [0.25, 0.3) is 0 Å². The topological polar surface area (TPSA) is 95.9 Å². The molecule has 0 aromatic carbocycles. The zero-order chi connectivity index (χ0) is 13.7. The number of rotatable bonds is 4. The molecular weight excluding hydrogens is 260 g/mol. The second kappa shape index (κ2) is 6.01. The van der Waals surface area contributed by atoms with Gasteiger partial charge in [0.25, 0.3) is 0 Å². The number of methoxy groups -OCH3 is 1. The molecule has 1 aromatic rings. The number of likely N-dealkylation sites (N-methyl/N-ethyl adjacent to an activating group) is 1. The highest BCUT2D eigenvalue weighted by atomic mass is 32.1. The van der Waals surface area contributed by atoms with Gasteiger partial charge < -0.3 is 14.7 Å². The summed E-state index contributed by atoms with van der Waals surface area (Å²) in [5.41, 5.74) is 0.0137. The fourth-order valence-corrected chi connectivity index (χ4v) is 1.87. The second-order valence-electron chi connectivity index (χ2n) is 3.33. The standard InChI is InChI=1S/C10H12N2O5S/c1-12(5-7(13)17-2)10(16)11-8-6(9(14)15)3-4-18-8/h3-4H,5H2,1-2H3,(H,11,16)(H,14,15). The average molecular weight is 272 g/mol. The van der Waals surface area contributed by atoms with Crippen molar-refractivity contribution in [2.45, 2.75) is 0 Å². The van der Waals surface area contributed by atoms with Gasteiger partial charge in [-0.25, -0.2) is 9.59 Å². The van der Waals surface area contributed by atoms with Gasteiger partial charge in [0.1, 0.15) is 11.5 Å². The molecule has 2 N–H and O–H groups in total. The normalized spacial score (nSPS) is 9.67. The van der Waals surface area contributed by atoms with E-state index in [1.807, 2.05) is 0 Å². The number of carbonyl (C=O) groups excluding carboxylic acids is 2. The number of carbonyl (C=O) groups is 3. The Morgan fingerprint density at radius 1 is 1.50 bits per heavy atom. The number of aromatic carboxylic acids is 1. The molecule has 0 aliphatic carbocycles. The number of hydrogen-bond donors (Lipinski definition) is 2. The summed E-state index contributed by atoms with van der Waals surface area (Å²) in [7, 11) is 2.62. The first-order valence-corrected chi connectivity index (χ1v) is 5.73. The Kier molecular flexibility index (Phi) is 4.67. The molecule has 7 nitrogen and oxygen atoms in total. The van der Waals surface area contributed by atoms with Gasteiger partial charge in [-0.2, -0.15) is 0 Å². The molecular formula is C10H12N2O5S. The summed E-state index contributed by atoms with van der Waals surface area (Å²) in [5, 5.41) is 13.1. The first-order valence-electron chi connectivity index (χ1n) is 4.85. The Labute approximate surface area is 107 Å². The highest BCUT2D eigenvalue weighted by molar-refractivity contribution is 7.14. The van der Waals surface area contributed by atoms with Crippen LogP contribution in [-0.4, -0.2) is 48.7 Å². The molecule has 2 amide bonds. The molecule has 0 fully saturated rings. The largest absolute Gasteiger partial charge is 0.478 e. The number of hydrogen-bond acceptors (Lipinski definition) is 5. The van der Waals surface area contributed by atoms with Crippen LogP contribution >= 0.6 is 11.3 Å². The van der Waals surface area contributed by atoms with Gasteiger partial charge in [0.05, 0.1) is 12.7 Å². The molecule has 0 saturated heterocycles. The number of urea groups is 1.